The van der Waals surface area contributed by atoms with Gasteiger partial charge in [-0.25, -0.2) is 0 Å². The molecule has 0 aliphatic heterocycles. The molecule has 0 amide bonds. The third-order valence-electron chi connectivity index (χ3n) is 4.34. The number of hydrogen-bond donors (Lipinski definition) is 0. The smallest absolute Gasteiger partial charge is 0.318 e. The van der Waals surface area contributed by atoms with Gasteiger partial charge in [0.25, 0.3) is 0 Å². The number of hydrogen-bond acceptors (Lipinski definition) is 3. The summed E-state index contributed by atoms with van der Waals surface area (Å²) >= 11 is 0. The number of esters is 1. The first-order valence-corrected chi connectivity index (χ1v) is 8.53. The molecular weight excluding hydrogens is 324 g/mol. The van der Waals surface area contributed by atoms with Gasteiger partial charge in [-0.3, -0.25) is 9.59 Å². The van der Waals surface area contributed by atoms with Gasteiger partial charge in [0.05, 0.1) is 5.92 Å². The van der Waals surface area contributed by atoms with Crippen LogP contribution in [0.2, 0.25) is 0 Å². The summed E-state index contributed by atoms with van der Waals surface area (Å²) in [5, 5.41) is 0. The van der Waals surface area contributed by atoms with Crippen molar-refractivity contribution in [1.82, 2.24) is 0 Å². The Kier molecular flexibility index (Phi) is 5.28. The highest BCUT2D eigenvalue weighted by molar-refractivity contribution is 6.09. The van der Waals surface area contributed by atoms with Gasteiger partial charge in [-0.1, -0.05) is 66.7 Å². The van der Waals surface area contributed by atoms with E-state index in [-0.39, 0.29) is 11.8 Å². The van der Waals surface area contributed by atoms with Gasteiger partial charge in [-0.2, -0.15) is 0 Å². The second-order valence-corrected chi connectivity index (χ2v) is 6.23. The van der Waals surface area contributed by atoms with Crippen LogP contribution in [0.15, 0.2) is 78.9 Å². The number of rotatable bonds is 5. The molecule has 130 valence electrons. The molecule has 0 aromatic heterocycles. The van der Waals surface area contributed by atoms with Gasteiger partial charge in [-0.05, 0) is 37.1 Å². The number of carbonyl (C=O) groups excluding carboxylic acids is 2. The summed E-state index contributed by atoms with van der Waals surface area (Å²) in [6.07, 6.45) is 0. The van der Waals surface area contributed by atoms with Crippen molar-refractivity contribution in [2.75, 3.05) is 0 Å². The fourth-order valence-corrected chi connectivity index (χ4v) is 2.71. The van der Waals surface area contributed by atoms with Crippen molar-refractivity contribution in [1.29, 1.82) is 0 Å². The summed E-state index contributed by atoms with van der Waals surface area (Å²) < 4.78 is 5.52. The molecule has 3 aromatic carbocycles. The van der Waals surface area contributed by atoms with Crippen LogP contribution in [0.1, 0.15) is 39.9 Å². The molecular formula is C23H20O3. The molecule has 3 rings (SSSR count). The zero-order valence-electron chi connectivity index (χ0n) is 14.8. The minimum Gasteiger partial charge on any atom is -0.426 e. The maximum Gasteiger partial charge on any atom is 0.318 e. The summed E-state index contributed by atoms with van der Waals surface area (Å²) in [6, 6.07) is 23.7. The molecule has 0 saturated heterocycles. The van der Waals surface area contributed by atoms with E-state index in [1.807, 2.05) is 49.4 Å². The standard InChI is InChI=1S/C23H20O3/c1-16-9-6-7-14-21(16)26-23(25)17(2)19-12-8-13-20(15-19)22(24)18-10-4-3-5-11-18/h3-15,17H,1-2H3/t17-/m0/s1. The van der Waals surface area contributed by atoms with Crippen LogP contribution < -0.4 is 4.74 Å². The average molecular weight is 344 g/mol. The van der Waals surface area contributed by atoms with Gasteiger partial charge < -0.3 is 4.74 Å². The molecule has 0 radical (unpaired) electrons. The van der Waals surface area contributed by atoms with Crippen LogP contribution in [0.4, 0.5) is 0 Å². The summed E-state index contributed by atoms with van der Waals surface area (Å²) in [5.41, 5.74) is 2.84. The summed E-state index contributed by atoms with van der Waals surface area (Å²) in [7, 11) is 0. The Morgan fingerprint density at radius 1 is 0.808 bits per heavy atom. The van der Waals surface area contributed by atoms with Crippen LogP contribution in [0.3, 0.4) is 0 Å². The van der Waals surface area contributed by atoms with Crippen LogP contribution in [0.25, 0.3) is 0 Å². The van der Waals surface area contributed by atoms with Gasteiger partial charge >= 0.3 is 5.97 Å². The highest BCUT2D eigenvalue weighted by Crippen LogP contribution is 2.23. The zero-order valence-corrected chi connectivity index (χ0v) is 14.8. The van der Waals surface area contributed by atoms with Crippen molar-refractivity contribution in [3.05, 3.63) is 101 Å². The lowest BCUT2D eigenvalue weighted by atomic mass is 9.96. The van der Waals surface area contributed by atoms with Gasteiger partial charge in [0.2, 0.25) is 0 Å². The molecule has 0 fully saturated rings. The van der Waals surface area contributed by atoms with Crippen molar-refractivity contribution in [2.24, 2.45) is 0 Å². The molecule has 0 aliphatic rings. The van der Waals surface area contributed by atoms with Crippen molar-refractivity contribution in [3.63, 3.8) is 0 Å². The van der Waals surface area contributed by atoms with E-state index in [1.54, 1.807) is 43.3 Å². The zero-order chi connectivity index (χ0) is 18.5. The highest BCUT2D eigenvalue weighted by Gasteiger charge is 2.20. The van der Waals surface area contributed by atoms with Crippen LogP contribution >= 0.6 is 0 Å². The number of ether oxygens (including phenoxy) is 1. The fourth-order valence-electron chi connectivity index (χ4n) is 2.71. The molecule has 0 heterocycles. The van der Waals surface area contributed by atoms with E-state index in [9.17, 15) is 9.59 Å². The molecule has 0 saturated carbocycles. The lowest BCUT2D eigenvalue weighted by molar-refractivity contribution is -0.135. The Morgan fingerprint density at radius 2 is 1.46 bits per heavy atom. The Morgan fingerprint density at radius 3 is 2.19 bits per heavy atom. The van der Waals surface area contributed by atoms with E-state index in [4.69, 9.17) is 4.74 Å². The van der Waals surface area contributed by atoms with Crippen LogP contribution in [-0.2, 0) is 4.79 Å². The SMILES string of the molecule is Cc1ccccc1OC(=O)[C@@H](C)c1cccc(C(=O)c2ccccc2)c1. The Hall–Kier alpha value is -3.20. The van der Waals surface area contributed by atoms with Gasteiger partial charge in [0.15, 0.2) is 5.78 Å². The monoisotopic (exact) mass is 344 g/mol. The van der Waals surface area contributed by atoms with Gasteiger partial charge in [0, 0.05) is 11.1 Å². The average Bonchev–Trinajstić information content (AvgIpc) is 2.69. The first-order chi connectivity index (χ1) is 12.6. The minimum atomic E-state index is -0.474. The first kappa shape index (κ1) is 17.6. The van der Waals surface area contributed by atoms with E-state index in [2.05, 4.69) is 0 Å². The molecule has 0 unspecified atom stereocenters. The second-order valence-electron chi connectivity index (χ2n) is 6.23. The molecule has 3 nitrogen and oxygen atoms in total. The molecule has 0 aliphatic carbocycles. The Balaban J connectivity index is 1.80. The lowest BCUT2D eigenvalue weighted by Gasteiger charge is -2.14. The number of carbonyl (C=O) groups is 2. The van der Waals surface area contributed by atoms with Crippen LogP contribution in [-0.4, -0.2) is 11.8 Å². The predicted octanol–water partition coefficient (Wildman–Crippen LogP) is 4.94. The largest absolute Gasteiger partial charge is 0.426 e. The molecule has 0 bridgehead atoms. The Bertz CT molecular complexity index is 929. The number of ketones is 1. The lowest BCUT2D eigenvalue weighted by Crippen LogP contribution is -2.17. The molecule has 0 N–H and O–H groups in total. The summed E-state index contributed by atoms with van der Waals surface area (Å²) in [5.74, 6) is -0.325. The van der Waals surface area contributed by atoms with Crippen molar-refractivity contribution < 1.29 is 14.3 Å². The molecule has 0 spiro atoms. The van der Waals surface area contributed by atoms with Crippen LogP contribution in [0.5, 0.6) is 5.75 Å². The van der Waals surface area contributed by atoms with E-state index < -0.39 is 5.92 Å². The maximum atomic E-state index is 12.6. The number of para-hydroxylation sites is 1. The third kappa shape index (κ3) is 3.89. The van der Waals surface area contributed by atoms with Crippen molar-refractivity contribution >= 4 is 11.8 Å². The molecule has 3 heteroatoms. The Labute approximate surface area is 153 Å². The van der Waals surface area contributed by atoms with E-state index in [0.29, 0.717) is 16.9 Å². The van der Waals surface area contributed by atoms with E-state index >= 15 is 0 Å². The fraction of sp³-hybridized carbons (Fsp3) is 0.130. The maximum absolute atomic E-state index is 12.6. The molecule has 26 heavy (non-hydrogen) atoms. The predicted molar refractivity (Wildman–Crippen MR) is 102 cm³/mol. The van der Waals surface area contributed by atoms with E-state index in [0.717, 1.165) is 11.1 Å². The van der Waals surface area contributed by atoms with Crippen LogP contribution in [0, 0.1) is 6.92 Å². The first-order valence-electron chi connectivity index (χ1n) is 8.53. The summed E-state index contributed by atoms with van der Waals surface area (Å²) in [6.45, 7) is 3.68. The molecule has 3 aromatic rings. The minimum absolute atomic E-state index is 0.0630. The number of aryl methyl sites for hydroxylation is 1. The second kappa shape index (κ2) is 7.79. The normalized spacial score (nSPS) is 11.6. The quantitative estimate of drug-likeness (QED) is 0.374. The number of benzene rings is 3. The van der Waals surface area contributed by atoms with Gasteiger partial charge in [-0.15, -0.1) is 0 Å². The van der Waals surface area contributed by atoms with E-state index in [1.165, 1.54) is 0 Å². The topological polar surface area (TPSA) is 43.4 Å². The van der Waals surface area contributed by atoms with Crippen molar-refractivity contribution in [3.8, 4) is 5.75 Å². The summed E-state index contributed by atoms with van der Waals surface area (Å²) in [4.78, 5) is 25.1. The van der Waals surface area contributed by atoms with Gasteiger partial charge in [0.1, 0.15) is 5.75 Å². The van der Waals surface area contributed by atoms with Crippen molar-refractivity contribution in [2.45, 2.75) is 19.8 Å². The molecule has 1 atom stereocenters. The third-order valence-corrected chi connectivity index (χ3v) is 4.34. The highest BCUT2D eigenvalue weighted by atomic mass is 16.5.